The Balaban J connectivity index is 3.18. The fraction of sp³-hybridized carbons (Fsp3) is 0.889. The molecule has 0 aliphatic carbocycles. The summed E-state index contributed by atoms with van der Waals surface area (Å²) < 4.78 is 0.811. The summed E-state index contributed by atoms with van der Waals surface area (Å²) in [7, 11) is 0. The largest absolute Gasteiger partial charge is 0.622 e. The lowest BCUT2D eigenvalue weighted by atomic mass is 9.91. The van der Waals surface area contributed by atoms with Gasteiger partial charge in [-0.25, -0.2) is 0 Å². The molecular weight excluding hydrogens is 168 g/mol. The van der Waals surface area contributed by atoms with Crippen LogP contribution >= 0.6 is 0 Å². The maximum Gasteiger partial charge on any atom is 0.247 e. The van der Waals surface area contributed by atoms with Gasteiger partial charge in [0.05, 0.1) is 5.54 Å². The predicted octanol–water partition coefficient (Wildman–Crippen LogP) is 1.52. The van der Waals surface area contributed by atoms with E-state index in [-0.39, 0.29) is 0 Å². The number of hydroxylamine groups is 3. The van der Waals surface area contributed by atoms with Crippen LogP contribution in [0.2, 0.25) is 0 Å². The monoisotopic (exact) mass is 185 g/mol. The van der Waals surface area contributed by atoms with Crippen molar-refractivity contribution in [2.45, 2.75) is 52.2 Å². The van der Waals surface area contributed by atoms with E-state index in [0.29, 0.717) is 6.42 Å². The minimum atomic E-state index is -0.980. The molecule has 0 saturated heterocycles. The van der Waals surface area contributed by atoms with E-state index in [0.717, 1.165) is 15.5 Å². The van der Waals surface area contributed by atoms with Crippen LogP contribution in [0.1, 0.15) is 41.0 Å². The third kappa shape index (κ3) is 1.44. The smallest absolute Gasteiger partial charge is 0.247 e. The lowest BCUT2D eigenvalue weighted by Crippen LogP contribution is -2.62. The van der Waals surface area contributed by atoms with Crippen LogP contribution < -0.4 is 0 Å². The Hall–Kier alpha value is -0.610. The Labute approximate surface area is 79.0 Å². The summed E-state index contributed by atoms with van der Waals surface area (Å²) in [5.74, 6) is 0. The summed E-state index contributed by atoms with van der Waals surface area (Å²) in [5.41, 5.74) is -0.734. The van der Waals surface area contributed by atoms with Gasteiger partial charge in [0.15, 0.2) is 5.71 Å². The molecule has 0 spiro atoms. The molecule has 1 radical (unpaired) electrons. The summed E-state index contributed by atoms with van der Waals surface area (Å²) in [4.78, 5) is 0. The Bertz CT molecular complexity index is 256. The van der Waals surface area contributed by atoms with Gasteiger partial charge in [0, 0.05) is 27.2 Å². The number of nitrogens with zero attached hydrogens (tertiary/aromatic N) is 2. The Morgan fingerprint density at radius 1 is 1.38 bits per heavy atom. The molecule has 4 heteroatoms. The Kier molecular flexibility index (Phi) is 2.16. The molecule has 1 rings (SSSR count). The molecule has 0 bridgehead atoms. The van der Waals surface area contributed by atoms with E-state index in [2.05, 4.69) is 0 Å². The summed E-state index contributed by atoms with van der Waals surface area (Å²) >= 11 is 0. The van der Waals surface area contributed by atoms with Gasteiger partial charge in [-0.1, -0.05) is 5.06 Å². The van der Waals surface area contributed by atoms with Crippen molar-refractivity contribution < 1.29 is 9.95 Å². The fourth-order valence-electron chi connectivity index (χ4n) is 2.06. The summed E-state index contributed by atoms with van der Waals surface area (Å²) in [6.07, 6.45) is 0.531. The maximum absolute atomic E-state index is 11.8. The van der Waals surface area contributed by atoms with E-state index < -0.39 is 11.2 Å². The highest BCUT2D eigenvalue weighted by molar-refractivity contribution is 5.78. The van der Waals surface area contributed by atoms with Crippen LogP contribution in [0.3, 0.4) is 0 Å². The fourth-order valence-corrected chi connectivity index (χ4v) is 2.06. The van der Waals surface area contributed by atoms with Gasteiger partial charge in [0.25, 0.3) is 0 Å². The van der Waals surface area contributed by atoms with Crippen molar-refractivity contribution in [2.75, 3.05) is 0 Å². The lowest BCUT2D eigenvalue weighted by Gasteiger charge is -2.43. The van der Waals surface area contributed by atoms with E-state index in [1.807, 2.05) is 13.8 Å². The van der Waals surface area contributed by atoms with Crippen LogP contribution in [-0.4, -0.2) is 26.7 Å². The molecule has 0 N–H and O–H groups in total. The average molecular weight is 185 g/mol. The van der Waals surface area contributed by atoms with Gasteiger partial charge in [0.2, 0.25) is 5.66 Å². The van der Waals surface area contributed by atoms with Gasteiger partial charge in [-0.05, 0) is 13.8 Å². The highest BCUT2D eigenvalue weighted by Crippen LogP contribution is 2.31. The summed E-state index contributed by atoms with van der Waals surface area (Å²) in [5, 5.41) is 24.3. The lowest BCUT2D eigenvalue weighted by molar-refractivity contribution is -0.623. The molecule has 0 atom stereocenters. The first-order chi connectivity index (χ1) is 5.69. The predicted molar refractivity (Wildman–Crippen MR) is 49.6 cm³/mol. The van der Waals surface area contributed by atoms with Gasteiger partial charge < -0.3 is 5.21 Å². The molecule has 4 nitrogen and oxygen atoms in total. The van der Waals surface area contributed by atoms with Crippen LogP contribution in [0, 0.1) is 5.21 Å². The first-order valence-corrected chi connectivity index (χ1v) is 4.47. The molecule has 0 aromatic rings. The van der Waals surface area contributed by atoms with Gasteiger partial charge in [-0.3, -0.25) is 0 Å². The van der Waals surface area contributed by atoms with Crippen molar-refractivity contribution in [3.05, 3.63) is 5.21 Å². The molecule has 1 aliphatic heterocycles. The molecule has 0 amide bonds. The van der Waals surface area contributed by atoms with Crippen molar-refractivity contribution >= 4 is 5.71 Å². The van der Waals surface area contributed by atoms with Gasteiger partial charge in [-0.15, -0.1) is 5.21 Å². The standard InChI is InChI=1S/C9H17N2O2/c1-7-6-8(2,3)11(13)9(4,5)10(7)12/h6H2,1-5H3. The van der Waals surface area contributed by atoms with Crippen molar-refractivity contribution in [3.8, 4) is 0 Å². The number of hydrogen-bond donors (Lipinski definition) is 0. The second-order valence-electron chi connectivity index (χ2n) is 4.81. The molecule has 0 fully saturated rings. The third-order valence-corrected chi connectivity index (χ3v) is 2.58. The SMILES string of the molecule is CC1=[N+]([O-])C(C)(C)N([O])C(C)(C)C1. The molecule has 13 heavy (non-hydrogen) atoms. The van der Waals surface area contributed by atoms with E-state index in [9.17, 15) is 10.4 Å². The maximum atomic E-state index is 11.8. The van der Waals surface area contributed by atoms with Crippen LogP contribution in [0.4, 0.5) is 0 Å². The second-order valence-corrected chi connectivity index (χ2v) is 4.81. The van der Waals surface area contributed by atoms with Gasteiger partial charge in [-0.2, -0.15) is 4.74 Å². The molecule has 0 aromatic carbocycles. The van der Waals surface area contributed by atoms with Crippen molar-refractivity contribution in [1.29, 1.82) is 0 Å². The zero-order valence-electron chi connectivity index (χ0n) is 8.92. The van der Waals surface area contributed by atoms with Crippen LogP contribution in [0.25, 0.3) is 0 Å². The molecular formula is C9H17N2O2. The zero-order valence-corrected chi connectivity index (χ0v) is 8.92. The molecule has 1 heterocycles. The highest BCUT2D eigenvalue weighted by atomic mass is 16.5. The molecule has 1 aliphatic rings. The van der Waals surface area contributed by atoms with Crippen molar-refractivity contribution in [2.24, 2.45) is 0 Å². The zero-order chi connectivity index (χ0) is 10.4. The minimum absolute atomic E-state index is 0.478. The van der Waals surface area contributed by atoms with Crippen LogP contribution in [-0.2, 0) is 5.21 Å². The van der Waals surface area contributed by atoms with Crippen LogP contribution in [0.15, 0.2) is 0 Å². The highest BCUT2D eigenvalue weighted by Gasteiger charge is 2.49. The average Bonchev–Trinajstić information content (AvgIpc) is 1.98. The Morgan fingerprint density at radius 3 is 2.31 bits per heavy atom. The molecule has 0 unspecified atom stereocenters. The van der Waals surface area contributed by atoms with Crippen molar-refractivity contribution in [1.82, 2.24) is 5.06 Å². The summed E-state index contributed by atoms with van der Waals surface area (Å²) in [6.45, 7) is 8.80. The van der Waals surface area contributed by atoms with E-state index in [1.165, 1.54) is 0 Å². The third-order valence-electron chi connectivity index (χ3n) is 2.58. The van der Waals surface area contributed by atoms with E-state index in [4.69, 9.17) is 0 Å². The van der Waals surface area contributed by atoms with E-state index >= 15 is 0 Å². The van der Waals surface area contributed by atoms with Gasteiger partial charge in [0.1, 0.15) is 0 Å². The molecule has 0 saturated carbocycles. The number of rotatable bonds is 0. The summed E-state index contributed by atoms with van der Waals surface area (Å²) in [6, 6.07) is 0. The Morgan fingerprint density at radius 2 is 1.85 bits per heavy atom. The quantitative estimate of drug-likeness (QED) is 0.424. The topological polar surface area (TPSA) is 49.2 Å². The van der Waals surface area contributed by atoms with Crippen molar-refractivity contribution in [3.63, 3.8) is 0 Å². The first kappa shape index (κ1) is 10.5. The van der Waals surface area contributed by atoms with Gasteiger partial charge >= 0.3 is 0 Å². The first-order valence-electron chi connectivity index (χ1n) is 4.47. The molecule has 75 valence electrons. The normalized spacial score (nSPS) is 27.8. The number of hydrogen-bond acceptors (Lipinski definition) is 2. The minimum Gasteiger partial charge on any atom is -0.622 e. The van der Waals surface area contributed by atoms with Crippen LogP contribution in [0.5, 0.6) is 0 Å². The second kappa shape index (κ2) is 2.69. The molecule has 0 aromatic heterocycles. The van der Waals surface area contributed by atoms with E-state index in [1.54, 1.807) is 20.8 Å².